The molecule has 0 fully saturated rings. The van der Waals surface area contributed by atoms with Crippen molar-refractivity contribution in [2.24, 2.45) is 0 Å². The Labute approximate surface area is 174 Å². The van der Waals surface area contributed by atoms with Crippen LogP contribution < -0.4 is 5.32 Å². The molecule has 2 aromatic carbocycles. The van der Waals surface area contributed by atoms with Crippen molar-refractivity contribution >= 4 is 50.9 Å². The number of aryl methyl sites for hydroxylation is 1. The molecule has 8 heteroatoms. The van der Waals surface area contributed by atoms with Crippen molar-refractivity contribution in [3.8, 4) is 11.3 Å². The molecule has 0 spiro atoms. The molecule has 1 heterocycles. The summed E-state index contributed by atoms with van der Waals surface area (Å²) in [6.07, 6.45) is -1.18. The van der Waals surface area contributed by atoms with Crippen molar-refractivity contribution in [2.45, 2.75) is 20.0 Å². The van der Waals surface area contributed by atoms with Crippen molar-refractivity contribution in [1.29, 1.82) is 0 Å². The number of hydrogen-bond acceptors (Lipinski definition) is 4. The Balaban J connectivity index is 1.81. The van der Waals surface area contributed by atoms with Crippen LogP contribution in [0.4, 0.5) is 10.5 Å². The van der Waals surface area contributed by atoms with E-state index in [4.69, 9.17) is 32.5 Å². The van der Waals surface area contributed by atoms with Crippen molar-refractivity contribution in [3.63, 3.8) is 0 Å². The van der Waals surface area contributed by atoms with E-state index < -0.39 is 12.2 Å². The van der Waals surface area contributed by atoms with Crippen LogP contribution in [0.3, 0.4) is 0 Å². The van der Waals surface area contributed by atoms with Crippen LogP contribution in [0.1, 0.15) is 24.3 Å². The van der Waals surface area contributed by atoms with Crippen LogP contribution in [0.25, 0.3) is 11.3 Å². The highest BCUT2D eigenvalue weighted by molar-refractivity contribution is 9.10. The summed E-state index contributed by atoms with van der Waals surface area (Å²) in [6, 6.07) is 12.5. The number of amides is 1. The van der Waals surface area contributed by atoms with E-state index in [1.54, 1.807) is 38.1 Å². The molecule has 0 aliphatic heterocycles. The van der Waals surface area contributed by atoms with Gasteiger partial charge in [0.15, 0.2) is 5.76 Å². The lowest BCUT2D eigenvalue weighted by Crippen LogP contribution is -2.17. The first kappa shape index (κ1) is 19.7. The average molecular weight is 470 g/mol. The molecule has 0 aliphatic carbocycles. The highest BCUT2D eigenvalue weighted by Gasteiger charge is 2.22. The highest BCUT2D eigenvalue weighted by atomic mass is 79.9. The number of carbonyl (C=O) groups excluding carboxylic acids is 1. The summed E-state index contributed by atoms with van der Waals surface area (Å²) in [5.41, 5.74) is 2.23. The Bertz CT molecular complexity index is 991. The van der Waals surface area contributed by atoms with Crippen LogP contribution >= 0.6 is 39.1 Å². The van der Waals surface area contributed by atoms with E-state index in [-0.39, 0.29) is 0 Å². The molecule has 3 rings (SSSR count). The van der Waals surface area contributed by atoms with Crippen molar-refractivity contribution in [1.82, 2.24) is 5.16 Å². The fraction of sp³-hybridized carbons (Fsp3) is 0.158. The van der Waals surface area contributed by atoms with E-state index in [1.165, 1.54) is 0 Å². The molecule has 0 unspecified atom stereocenters. The Hall–Kier alpha value is -2.02. The molecular weight excluding hydrogens is 455 g/mol. The Morgan fingerprint density at radius 2 is 1.96 bits per heavy atom. The topological polar surface area (TPSA) is 64.4 Å². The minimum atomic E-state index is -0.650. The largest absolute Gasteiger partial charge is 0.441 e. The lowest BCUT2D eigenvalue weighted by molar-refractivity contribution is 0.121. The van der Waals surface area contributed by atoms with E-state index in [2.05, 4.69) is 26.4 Å². The first-order valence-electron chi connectivity index (χ1n) is 8.00. The van der Waals surface area contributed by atoms with Crippen molar-refractivity contribution in [3.05, 3.63) is 68.2 Å². The molecule has 0 bridgehead atoms. The summed E-state index contributed by atoms with van der Waals surface area (Å²) in [5.74, 6) is 0.354. The molecule has 1 amide bonds. The number of benzene rings is 2. The van der Waals surface area contributed by atoms with Gasteiger partial charge in [-0.05, 0) is 38.1 Å². The zero-order valence-corrected chi connectivity index (χ0v) is 17.5. The molecule has 1 N–H and O–H groups in total. The van der Waals surface area contributed by atoms with Gasteiger partial charge in [0.1, 0.15) is 17.5 Å². The van der Waals surface area contributed by atoms with Crippen LogP contribution in [0.5, 0.6) is 0 Å². The SMILES string of the molecule is Cc1noc(-c2ccc(Br)cc2Cl)c1NC(=O)O[C@H](C)c1ccccc1Cl. The number of rotatable bonds is 4. The third-order valence-corrected chi connectivity index (χ3v) is 5.04. The van der Waals surface area contributed by atoms with Crippen LogP contribution in [0.15, 0.2) is 51.5 Å². The smallest absolute Gasteiger partial charge is 0.412 e. The van der Waals surface area contributed by atoms with Gasteiger partial charge in [-0.15, -0.1) is 0 Å². The van der Waals surface area contributed by atoms with Gasteiger partial charge >= 0.3 is 6.09 Å². The summed E-state index contributed by atoms with van der Waals surface area (Å²) in [4.78, 5) is 12.4. The molecular formula is C19H15BrCl2N2O3. The molecule has 140 valence electrons. The molecule has 0 radical (unpaired) electrons. The van der Waals surface area contributed by atoms with Gasteiger partial charge in [0.2, 0.25) is 0 Å². The molecule has 1 aromatic heterocycles. The predicted octanol–water partition coefficient (Wildman–Crippen LogP) is 7.03. The highest BCUT2D eigenvalue weighted by Crippen LogP contribution is 2.37. The first-order chi connectivity index (χ1) is 12.9. The lowest BCUT2D eigenvalue weighted by atomic mass is 10.1. The lowest BCUT2D eigenvalue weighted by Gasteiger charge is -2.15. The van der Waals surface area contributed by atoms with E-state index in [0.29, 0.717) is 38.3 Å². The molecule has 0 saturated carbocycles. The Kier molecular flexibility index (Phi) is 6.09. The zero-order valence-electron chi connectivity index (χ0n) is 14.4. The molecule has 27 heavy (non-hydrogen) atoms. The van der Waals surface area contributed by atoms with Crippen molar-refractivity contribution < 1.29 is 14.1 Å². The fourth-order valence-corrected chi connectivity index (χ4v) is 3.58. The summed E-state index contributed by atoms with van der Waals surface area (Å²) >= 11 is 15.8. The van der Waals surface area contributed by atoms with Crippen LogP contribution in [-0.4, -0.2) is 11.2 Å². The molecule has 3 aromatic rings. The molecule has 1 atom stereocenters. The minimum Gasteiger partial charge on any atom is -0.441 e. The van der Waals surface area contributed by atoms with E-state index in [9.17, 15) is 4.79 Å². The van der Waals surface area contributed by atoms with Crippen molar-refractivity contribution in [2.75, 3.05) is 5.32 Å². The van der Waals surface area contributed by atoms with Gasteiger partial charge in [-0.2, -0.15) is 0 Å². The quantitative estimate of drug-likeness (QED) is 0.445. The first-order valence-corrected chi connectivity index (χ1v) is 9.55. The third kappa shape index (κ3) is 4.46. The number of ether oxygens (including phenoxy) is 1. The second-order valence-corrected chi connectivity index (χ2v) is 7.52. The number of nitrogens with one attached hydrogen (secondary N) is 1. The number of aromatic nitrogens is 1. The fourth-order valence-electron chi connectivity index (χ4n) is 2.53. The van der Waals surface area contributed by atoms with Gasteiger partial charge in [0.05, 0.1) is 5.02 Å². The Morgan fingerprint density at radius 3 is 2.67 bits per heavy atom. The minimum absolute atomic E-state index is 0.354. The van der Waals surface area contributed by atoms with Crippen LogP contribution in [0.2, 0.25) is 10.0 Å². The monoisotopic (exact) mass is 468 g/mol. The maximum atomic E-state index is 12.4. The van der Waals surface area contributed by atoms with Gasteiger partial charge in [0, 0.05) is 20.6 Å². The van der Waals surface area contributed by atoms with Gasteiger partial charge in [-0.3, -0.25) is 5.32 Å². The summed E-state index contributed by atoms with van der Waals surface area (Å²) in [7, 11) is 0. The summed E-state index contributed by atoms with van der Waals surface area (Å²) in [5, 5.41) is 7.60. The Morgan fingerprint density at radius 1 is 1.22 bits per heavy atom. The number of hydrogen-bond donors (Lipinski definition) is 1. The van der Waals surface area contributed by atoms with Gasteiger partial charge in [-0.1, -0.05) is 62.5 Å². The number of anilines is 1. The predicted molar refractivity (Wildman–Crippen MR) is 109 cm³/mol. The number of nitrogens with zero attached hydrogens (tertiary/aromatic N) is 1. The number of carbonyl (C=O) groups is 1. The van der Waals surface area contributed by atoms with E-state index in [0.717, 1.165) is 4.47 Å². The maximum absolute atomic E-state index is 12.4. The second kappa shape index (κ2) is 8.33. The molecule has 0 aliphatic rings. The summed E-state index contributed by atoms with van der Waals surface area (Å²) < 4.78 is 11.6. The summed E-state index contributed by atoms with van der Waals surface area (Å²) in [6.45, 7) is 3.46. The maximum Gasteiger partial charge on any atom is 0.412 e. The standard InChI is InChI=1S/C19H15BrCl2N2O3/c1-10-17(18(27-24-10)14-8-7-12(20)9-16(14)22)23-19(25)26-11(2)13-5-3-4-6-15(13)21/h3-9,11H,1-2H3,(H,23,25)/t11-/m1/s1. The van der Waals surface area contributed by atoms with Crippen LogP contribution in [0, 0.1) is 6.92 Å². The molecule has 5 nitrogen and oxygen atoms in total. The van der Waals surface area contributed by atoms with Gasteiger partial charge < -0.3 is 9.26 Å². The number of halogens is 3. The van der Waals surface area contributed by atoms with E-state index >= 15 is 0 Å². The van der Waals surface area contributed by atoms with Gasteiger partial charge in [-0.25, -0.2) is 4.79 Å². The second-order valence-electron chi connectivity index (χ2n) is 5.79. The van der Waals surface area contributed by atoms with E-state index in [1.807, 2.05) is 18.2 Å². The average Bonchev–Trinajstić information content (AvgIpc) is 2.96. The molecule has 0 saturated heterocycles. The van der Waals surface area contributed by atoms with Crippen LogP contribution in [-0.2, 0) is 4.74 Å². The van der Waals surface area contributed by atoms with Gasteiger partial charge in [0.25, 0.3) is 0 Å². The zero-order chi connectivity index (χ0) is 19.6. The third-order valence-electron chi connectivity index (χ3n) is 3.89. The normalized spacial score (nSPS) is 11.9.